The highest BCUT2D eigenvalue weighted by molar-refractivity contribution is 9.10. The molecule has 30 heavy (non-hydrogen) atoms. The standard InChI is InChI=1S/C23H20BrN3O3/c1-29-19-8-2-14(3-9-19)13-27-20-12-18(24)7-6-16(20)10-17(11-21(27)28)23-26-25-22(30-23)15-4-5-15/h2-3,6-10,12,15H,4-5,11,13H2,1H3. The second-order valence-corrected chi connectivity index (χ2v) is 8.51. The van der Waals surface area contributed by atoms with Crippen molar-refractivity contribution in [2.75, 3.05) is 12.0 Å². The highest BCUT2D eigenvalue weighted by Gasteiger charge is 2.31. The molecule has 0 spiro atoms. The molecule has 0 bridgehead atoms. The SMILES string of the molecule is COc1ccc(CN2C(=O)CC(c3nnc(C4CC4)o3)=Cc3ccc(Br)cc32)cc1. The second kappa shape index (κ2) is 7.72. The van der Waals surface area contributed by atoms with E-state index in [1.807, 2.05) is 53.4 Å². The molecule has 2 heterocycles. The van der Waals surface area contributed by atoms with Crippen LogP contribution in [0.1, 0.15) is 48.1 Å². The third-order valence-corrected chi connectivity index (χ3v) is 5.89. The van der Waals surface area contributed by atoms with E-state index < -0.39 is 0 Å². The molecule has 0 N–H and O–H groups in total. The molecule has 0 saturated heterocycles. The van der Waals surface area contributed by atoms with Gasteiger partial charge in [-0.25, -0.2) is 0 Å². The van der Waals surface area contributed by atoms with E-state index in [-0.39, 0.29) is 12.3 Å². The molecule has 0 unspecified atom stereocenters. The Kier molecular flexibility index (Phi) is 4.90. The van der Waals surface area contributed by atoms with Crippen molar-refractivity contribution in [2.24, 2.45) is 0 Å². The monoisotopic (exact) mass is 465 g/mol. The van der Waals surface area contributed by atoms with Crippen molar-refractivity contribution >= 4 is 39.2 Å². The Morgan fingerprint density at radius 1 is 1.17 bits per heavy atom. The summed E-state index contributed by atoms with van der Waals surface area (Å²) in [6, 6.07) is 13.7. The Balaban J connectivity index is 1.50. The predicted octanol–water partition coefficient (Wildman–Crippen LogP) is 5.20. The number of aromatic nitrogens is 2. The van der Waals surface area contributed by atoms with E-state index in [1.165, 1.54) is 0 Å². The Bertz CT molecular complexity index is 1130. The van der Waals surface area contributed by atoms with Crippen molar-refractivity contribution in [2.45, 2.75) is 31.7 Å². The number of carbonyl (C=O) groups excluding carboxylic acids is 1. The predicted molar refractivity (Wildman–Crippen MR) is 117 cm³/mol. The van der Waals surface area contributed by atoms with Crippen molar-refractivity contribution in [3.63, 3.8) is 0 Å². The topological polar surface area (TPSA) is 68.5 Å². The highest BCUT2D eigenvalue weighted by Crippen LogP contribution is 2.40. The molecule has 1 fully saturated rings. The van der Waals surface area contributed by atoms with E-state index in [0.29, 0.717) is 24.2 Å². The summed E-state index contributed by atoms with van der Waals surface area (Å²) in [4.78, 5) is 15.1. The number of amides is 1. The van der Waals surface area contributed by atoms with Gasteiger partial charge in [-0.2, -0.15) is 0 Å². The average Bonchev–Trinajstić information content (AvgIpc) is 3.51. The molecule has 2 aromatic carbocycles. The van der Waals surface area contributed by atoms with E-state index in [9.17, 15) is 4.79 Å². The lowest BCUT2D eigenvalue weighted by Gasteiger charge is -2.23. The molecule has 7 heteroatoms. The number of ether oxygens (including phenoxy) is 1. The fraction of sp³-hybridized carbons (Fsp3) is 0.261. The summed E-state index contributed by atoms with van der Waals surface area (Å²) < 4.78 is 12.0. The first-order chi connectivity index (χ1) is 14.6. The van der Waals surface area contributed by atoms with Crippen molar-refractivity contribution in [1.29, 1.82) is 0 Å². The second-order valence-electron chi connectivity index (χ2n) is 7.60. The van der Waals surface area contributed by atoms with Crippen LogP contribution in [0.5, 0.6) is 5.75 Å². The molecular formula is C23H20BrN3O3. The van der Waals surface area contributed by atoms with Crippen molar-refractivity contribution < 1.29 is 13.9 Å². The number of benzene rings is 2. The molecule has 0 radical (unpaired) electrons. The maximum Gasteiger partial charge on any atom is 0.244 e. The number of fused-ring (bicyclic) bond motifs is 1. The Morgan fingerprint density at radius 2 is 1.97 bits per heavy atom. The first-order valence-corrected chi connectivity index (χ1v) is 10.7. The molecular weight excluding hydrogens is 446 g/mol. The minimum atomic E-state index is -0.0138. The number of halogens is 1. The lowest BCUT2D eigenvalue weighted by Crippen LogP contribution is -2.30. The molecule has 1 amide bonds. The maximum absolute atomic E-state index is 13.3. The largest absolute Gasteiger partial charge is 0.497 e. The van der Waals surface area contributed by atoms with Crippen LogP contribution in [0, 0.1) is 0 Å². The molecule has 1 aliphatic carbocycles. The van der Waals surface area contributed by atoms with E-state index >= 15 is 0 Å². The number of carbonyl (C=O) groups is 1. The van der Waals surface area contributed by atoms with Crippen molar-refractivity contribution in [3.8, 4) is 5.75 Å². The summed E-state index contributed by atoms with van der Waals surface area (Å²) in [6.45, 7) is 0.463. The van der Waals surface area contributed by atoms with Gasteiger partial charge in [-0.3, -0.25) is 4.79 Å². The van der Waals surface area contributed by atoms with Gasteiger partial charge in [-0.05, 0) is 54.3 Å². The fourth-order valence-electron chi connectivity index (χ4n) is 3.59. The molecule has 152 valence electrons. The van der Waals surface area contributed by atoms with Gasteiger partial charge in [0.05, 0.1) is 25.8 Å². The van der Waals surface area contributed by atoms with Crippen LogP contribution in [0.4, 0.5) is 5.69 Å². The molecule has 1 aromatic heterocycles. The molecule has 1 aliphatic heterocycles. The van der Waals surface area contributed by atoms with Gasteiger partial charge < -0.3 is 14.1 Å². The summed E-state index contributed by atoms with van der Waals surface area (Å²) in [5.74, 6) is 2.26. The molecule has 5 rings (SSSR count). The molecule has 1 saturated carbocycles. The number of methoxy groups -OCH3 is 1. The van der Waals surface area contributed by atoms with Crippen molar-refractivity contribution in [3.05, 3.63) is 69.8 Å². The number of anilines is 1. The normalized spacial score (nSPS) is 16.1. The molecule has 6 nitrogen and oxygen atoms in total. The van der Waals surface area contributed by atoms with Crippen LogP contribution in [0.3, 0.4) is 0 Å². The first kappa shape index (κ1) is 19.1. The summed E-state index contributed by atoms with van der Waals surface area (Å²) in [5, 5.41) is 8.40. The van der Waals surface area contributed by atoms with Crippen LogP contribution in [-0.2, 0) is 11.3 Å². The van der Waals surface area contributed by atoms with Crippen LogP contribution >= 0.6 is 15.9 Å². The van der Waals surface area contributed by atoms with E-state index in [0.717, 1.165) is 45.5 Å². The number of hydrogen-bond acceptors (Lipinski definition) is 5. The molecule has 3 aromatic rings. The van der Waals surface area contributed by atoms with Gasteiger partial charge in [0.2, 0.25) is 17.7 Å². The Hall–Kier alpha value is -2.93. The highest BCUT2D eigenvalue weighted by atomic mass is 79.9. The van der Waals surface area contributed by atoms with E-state index in [2.05, 4.69) is 26.1 Å². The minimum absolute atomic E-state index is 0.0138. The van der Waals surface area contributed by atoms with Gasteiger partial charge >= 0.3 is 0 Å². The third kappa shape index (κ3) is 3.77. The number of hydrogen-bond donors (Lipinski definition) is 0. The number of nitrogens with zero attached hydrogens (tertiary/aromatic N) is 3. The van der Waals surface area contributed by atoms with Gasteiger partial charge in [0, 0.05) is 16.0 Å². The Morgan fingerprint density at radius 3 is 2.70 bits per heavy atom. The van der Waals surface area contributed by atoms with Crippen LogP contribution in [0.15, 0.2) is 51.4 Å². The van der Waals surface area contributed by atoms with Crippen LogP contribution in [-0.4, -0.2) is 23.2 Å². The summed E-state index contributed by atoms with van der Waals surface area (Å²) in [6.07, 6.45) is 4.37. The van der Waals surface area contributed by atoms with Gasteiger partial charge in [-0.15, -0.1) is 10.2 Å². The zero-order valence-electron chi connectivity index (χ0n) is 16.5. The average molecular weight is 466 g/mol. The van der Waals surface area contributed by atoms with Gasteiger partial charge in [0.25, 0.3) is 0 Å². The molecule has 2 aliphatic rings. The third-order valence-electron chi connectivity index (χ3n) is 5.40. The zero-order valence-corrected chi connectivity index (χ0v) is 18.1. The van der Waals surface area contributed by atoms with Gasteiger partial charge in [-0.1, -0.05) is 34.1 Å². The lowest BCUT2D eigenvalue weighted by atomic mass is 10.1. The summed E-state index contributed by atoms with van der Waals surface area (Å²) >= 11 is 3.54. The quantitative estimate of drug-likeness (QED) is 0.518. The zero-order chi connectivity index (χ0) is 20.7. The maximum atomic E-state index is 13.3. The van der Waals surface area contributed by atoms with Crippen LogP contribution in [0.2, 0.25) is 0 Å². The fourth-order valence-corrected chi connectivity index (χ4v) is 3.94. The Labute approximate surface area is 182 Å². The van der Waals surface area contributed by atoms with Gasteiger partial charge in [0.15, 0.2) is 0 Å². The van der Waals surface area contributed by atoms with Crippen LogP contribution in [0.25, 0.3) is 11.6 Å². The number of rotatable bonds is 5. The lowest BCUT2D eigenvalue weighted by molar-refractivity contribution is -0.117. The van der Waals surface area contributed by atoms with Crippen molar-refractivity contribution in [1.82, 2.24) is 10.2 Å². The van der Waals surface area contributed by atoms with Crippen LogP contribution < -0.4 is 9.64 Å². The van der Waals surface area contributed by atoms with E-state index in [4.69, 9.17) is 9.15 Å². The first-order valence-electron chi connectivity index (χ1n) is 9.88. The minimum Gasteiger partial charge on any atom is -0.497 e. The summed E-state index contributed by atoms with van der Waals surface area (Å²) in [7, 11) is 1.64. The molecule has 0 atom stereocenters. The van der Waals surface area contributed by atoms with E-state index in [1.54, 1.807) is 7.11 Å². The smallest absolute Gasteiger partial charge is 0.244 e. The van der Waals surface area contributed by atoms with Gasteiger partial charge in [0.1, 0.15) is 5.75 Å². The summed E-state index contributed by atoms with van der Waals surface area (Å²) in [5.41, 5.74) is 3.56.